The number of carbonyl (C=O) groups excluding carboxylic acids is 3. The first-order chi connectivity index (χ1) is 44.8. The Labute approximate surface area is 540 Å². The number of aromatic carboxylic acids is 1. The number of carboxylic acid groups (broad SMARTS) is 3. The standard InChI is InChI=1S/C32H36F4N6O5.C27H28F4N4O3.C5H10N2O3/c1-41-14-12-24(22(33)17-41)39-23-6-3-7-27-21(23)16-20(42(27)18-32(34,35)36)5-4-13-38-25-9-8-19(15-28(25)47-2)30(44)40-26(31(45)46)10-11-29(37)43;1-34-12-10-22(20(28)15-34)33-21-6-3-7-24-19(21)14-18(35(24)16-27(29,30)31)5-4-11-32-23-9-8-17(26(36)37)13-25(23)38-2;6-3(5(9)10)1-2-4(7)8/h3,6-9,15-16,22,24,26,38-39H,10-14,17-18H2,1-2H3,(H2,37,43)(H,40,44)(H,45,46);3,6-9,13-14,20,22,32-33H,10-12,15-16H2,1-2H3,(H,36,37);3H,1-2,6H2,(H2,7,8)(H,9,10)/t22-,24+,26-;20-,22+;3-/m000/s1. The number of aromatic nitrogens is 2. The van der Waals surface area contributed by atoms with E-state index in [9.17, 15) is 69.0 Å². The van der Waals surface area contributed by atoms with E-state index in [4.69, 9.17) is 36.9 Å². The van der Waals surface area contributed by atoms with Gasteiger partial charge in [-0.25, -0.2) is 18.4 Å². The molecule has 6 atom stereocenters. The first-order valence-electron chi connectivity index (χ1n) is 29.5. The number of aliphatic carboxylic acids is 2. The molecule has 31 heteroatoms. The molecule has 0 radical (unpaired) electrons. The van der Waals surface area contributed by atoms with Crippen molar-refractivity contribution in [2.75, 3.05) is 88.9 Å². The lowest BCUT2D eigenvalue weighted by Crippen LogP contribution is -2.46. The van der Waals surface area contributed by atoms with Gasteiger partial charge in [-0.2, -0.15) is 26.3 Å². The molecule has 0 bridgehead atoms. The molecule has 8 rings (SSSR count). The number of amides is 3. The fourth-order valence-electron chi connectivity index (χ4n) is 10.3. The number of piperidine rings is 2. The number of likely N-dealkylation sites (tertiary alicyclic amines) is 2. The van der Waals surface area contributed by atoms with Crippen LogP contribution in [-0.2, 0) is 32.3 Å². The van der Waals surface area contributed by atoms with Gasteiger partial charge in [-0.15, -0.1) is 0 Å². The average Bonchev–Trinajstić information content (AvgIpc) is 1.65. The summed E-state index contributed by atoms with van der Waals surface area (Å²) in [5.74, 6) is 6.33. The number of nitrogens with one attached hydrogen (secondary N) is 5. The normalized spacial score (nSPS) is 17.1. The molecule has 2 fully saturated rings. The van der Waals surface area contributed by atoms with E-state index < -0.39 is 97.6 Å². The number of hydrogen-bond acceptors (Lipinski definition) is 15. The van der Waals surface area contributed by atoms with E-state index in [0.29, 0.717) is 69.7 Å². The summed E-state index contributed by atoms with van der Waals surface area (Å²) in [5.41, 5.74) is 18.0. The van der Waals surface area contributed by atoms with Gasteiger partial charge in [-0.3, -0.25) is 19.2 Å². The Morgan fingerprint density at radius 1 is 0.611 bits per heavy atom. The van der Waals surface area contributed by atoms with Crippen LogP contribution in [0.2, 0.25) is 0 Å². The molecule has 2 aromatic heterocycles. The zero-order valence-corrected chi connectivity index (χ0v) is 52.1. The van der Waals surface area contributed by atoms with Crippen LogP contribution in [0.4, 0.5) is 57.9 Å². The minimum Gasteiger partial charge on any atom is -0.495 e. The quantitative estimate of drug-likeness (QED) is 0.0226. The molecular formula is C64H74F8N12O11. The molecule has 95 heavy (non-hydrogen) atoms. The highest BCUT2D eigenvalue weighted by Gasteiger charge is 2.34. The number of carboxylic acids is 3. The largest absolute Gasteiger partial charge is 0.495 e. The molecule has 3 amide bonds. The maximum Gasteiger partial charge on any atom is 0.406 e. The highest BCUT2D eigenvalue weighted by molar-refractivity contribution is 5.98. The van der Waals surface area contributed by atoms with Crippen LogP contribution in [0.25, 0.3) is 21.8 Å². The Balaban J connectivity index is 0.000000267. The summed E-state index contributed by atoms with van der Waals surface area (Å²) in [6.07, 6.45) is -10.4. The van der Waals surface area contributed by atoms with Crippen molar-refractivity contribution >= 4 is 80.2 Å². The summed E-state index contributed by atoms with van der Waals surface area (Å²) in [6.45, 7) is -0.461. The maximum atomic E-state index is 14.7. The highest BCUT2D eigenvalue weighted by atomic mass is 19.4. The zero-order valence-electron chi connectivity index (χ0n) is 52.1. The van der Waals surface area contributed by atoms with Crippen molar-refractivity contribution in [3.8, 4) is 35.2 Å². The van der Waals surface area contributed by atoms with Gasteiger partial charge in [0.15, 0.2) is 0 Å². The second kappa shape index (κ2) is 33.7. The fourth-order valence-corrected chi connectivity index (χ4v) is 10.3. The number of nitrogens with zero attached hydrogens (tertiary/aromatic N) is 4. The SMILES string of the molecule is COc1cc(C(=O)N[C@@H](CCC(N)=O)C(=O)O)ccc1NCC#Cc1cc2c(N[C@@H]3CCN(C)C[C@@H]3F)cccc2n1CC(F)(F)F.COc1cc(C(=O)O)ccc1NCC#Cc1cc2c(N[C@@H]3CCN(C)C[C@@H]3F)cccc2n1CC(F)(F)F.NC(=O)CC[C@H](N)C(=O)O. The van der Waals surface area contributed by atoms with Crippen LogP contribution in [0, 0.1) is 23.7 Å². The minimum absolute atomic E-state index is 0.00607. The van der Waals surface area contributed by atoms with Crippen LogP contribution in [0.1, 0.15) is 70.6 Å². The summed E-state index contributed by atoms with van der Waals surface area (Å²) in [5, 5.41) is 42.5. The van der Waals surface area contributed by atoms with Gasteiger partial charge >= 0.3 is 30.3 Å². The van der Waals surface area contributed by atoms with Crippen molar-refractivity contribution in [2.24, 2.45) is 17.2 Å². The molecule has 23 nitrogen and oxygen atoms in total. The molecule has 0 spiro atoms. The van der Waals surface area contributed by atoms with Crippen LogP contribution in [-0.4, -0.2) is 186 Å². The summed E-state index contributed by atoms with van der Waals surface area (Å²) in [7, 11) is 6.44. The van der Waals surface area contributed by atoms with E-state index in [1.165, 1.54) is 50.6 Å². The number of nitrogens with two attached hydrogens (primary N) is 3. The van der Waals surface area contributed by atoms with Crippen molar-refractivity contribution in [3.63, 3.8) is 0 Å². The topological polar surface area (TPSA) is 336 Å². The van der Waals surface area contributed by atoms with Crippen LogP contribution < -0.4 is 53.3 Å². The van der Waals surface area contributed by atoms with Crippen LogP contribution >= 0.6 is 0 Å². The van der Waals surface area contributed by atoms with E-state index in [0.717, 1.165) is 15.7 Å². The number of benzene rings is 4. The molecule has 2 saturated heterocycles. The zero-order chi connectivity index (χ0) is 69.9. The van der Waals surface area contributed by atoms with E-state index in [2.05, 4.69) is 50.3 Å². The van der Waals surface area contributed by atoms with E-state index >= 15 is 0 Å². The van der Waals surface area contributed by atoms with Crippen molar-refractivity contribution in [1.82, 2.24) is 24.3 Å². The Hall–Kier alpha value is -9.98. The lowest BCUT2D eigenvalue weighted by molar-refractivity contribution is -0.140. The van der Waals surface area contributed by atoms with Gasteiger partial charge in [-0.1, -0.05) is 24.0 Å². The number of rotatable bonds is 23. The summed E-state index contributed by atoms with van der Waals surface area (Å²) in [4.78, 5) is 70.3. The molecule has 512 valence electrons. The molecule has 0 aliphatic carbocycles. The summed E-state index contributed by atoms with van der Waals surface area (Å²) >= 11 is 0. The van der Waals surface area contributed by atoms with Gasteiger partial charge in [0.25, 0.3) is 5.91 Å². The number of methoxy groups -OCH3 is 2. The predicted octanol–water partition coefficient (Wildman–Crippen LogP) is 7.07. The number of anilines is 4. The fraction of sp³-hybridized carbons (Fsp3) is 0.406. The van der Waals surface area contributed by atoms with Gasteiger partial charge < -0.3 is 87.5 Å². The molecule has 2 aliphatic heterocycles. The Bertz CT molecular complexity index is 3840. The summed E-state index contributed by atoms with van der Waals surface area (Å²) in [6, 6.07) is 18.4. The number of carbonyl (C=O) groups is 6. The van der Waals surface area contributed by atoms with Crippen molar-refractivity contribution in [1.29, 1.82) is 0 Å². The van der Waals surface area contributed by atoms with Gasteiger partial charge in [0.1, 0.15) is 49.0 Å². The second-order valence-electron chi connectivity index (χ2n) is 22.3. The van der Waals surface area contributed by atoms with Gasteiger partial charge in [0.05, 0.1) is 78.8 Å². The Kier molecular flexibility index (Phi) is 26.3. The number of fused-ring (bicyclic) bond motifs is 2. The molecule has 2 aliphatic rings. The van der Waals surface area contributed by atoms with E-state index in [1.807, 2.05) is 23.9 Å². The highest BCUT2D eigenvalue weighted by Crippen LogP contribution is 2.35. The lowest BCUT2D eigenvalue weighted by Gasteiger charge is -2.33. The van der Waals surface area contributed by atoms with Gasteiger partial charge in [0, 0.05) is 66.7 Å². The Morgan fingerprint density at radius 2 is 1.04 bits per heavy atom. The number of primary amides is 2. The first-order valence-corrected chi connectivity index (χ1v) is 29.5. The van der Waals surface area contributed by atoms with Crippen molar-refractivity contribution in [2.45, 2.75) is 100 Å². The van der Waals surface area contributed by atoms with Gasteiger partial charge in [0.2, 0.25) is 11.8 Å². The second-order valence-corrected chi connectivity index (χ2v) is 22.3. The molecular weight excluding hydrogens is 1260 g/mol. The third-order valence-corrected chi connectivity index (χ3v) is 15.1. The van der Waals surface area contributed by atoms with E-state index in [-0.39, 0.29) is 80.1 Å². The monoisotopic (exact) mass is 1340 g/mol. The molecule has 6 aromatic rings. The molecule has 4 aromatic carbocycles. The molecule has 0 saturated carbocycles. The van der Waals surface area contributed by atoms with Crippen LogP contribution in [0.15, 0.2) is 84.9 Å². The number of ether oxygens (including phenoxy) is 2. The van der Waals surface area contributed by atoms with Crippen molar-refractivity contribution in [3.05, 3.63) is 107 Å². The van der Waals surface area contributed by atoms with Crippen LogP contribution in [0.3, 0.4) is 0 Å². The molecule has 0 unspecified atom stereocenters. The predicted molar refractivity (Wildman–Crippen MR) is 340 cm³/mol. The third-order valence-electron chi connectivity index (χ3n) is 15.1. The number of hydrogen-bond donors (Lipinski definition) is 11. The smallest absolute Gasteiger partial charge is 0.406 e. The van der Waals surface area contributed by atoms with Crippen LogP contribution in [0.5, 0.6) is 11.5 Å². The minimum atomic E-state index is -4.52. The molecule has 4 heterocycles. The van der Waals surface area contributed by atoms with E-state index in [1.54, 1.807) is 48.5 Å². The van der Waals surface area contributed by atoms with Gasteiger partial charge in [-0.05, 0) is 124 Å². The average molecular weight is 1340 g/mol. The number of alkyl halides is 8. The first kappa shape index (κ1) is 74.1. The summed E-state index contributed by atoms with van der Waals surface area (Å²) < 4.78 is 123. The maximum absolute atomic E-state index is 14.7. The number of halogens is 8. The lowest BCUT2D eigenvalue weighted by atomic mass is 10.0. The molecule has 14 N–H and O–H groups in total. The third kappa shape index (κ3) is 22.1. The Morgan fingerprint density at radius 3 is 1.43 bits per heavy atom. The van der Waals surface area contributed by atoms with Crippen molar-refractivity contribution < 1.29 is 88.7 Å².